The van der Waals surface area contributed by atoms with Gasteiger partial charge in [-0.15, -0.1) is 12.4 Å². The summed E-state index contributed by atoms with van der Waals surface area (Å²) in [4.78, 5) is 10.3. The SMILES string of the molecule is CC(C)CCN1C(N)=NC(N)=NC1(C)C.Cl. The highest BCUT2D eigenvalue weighted by molar-refractivity contribution is 5.95. The molecule has 0 radical (unpaired) electrons. The summed E-state index contributed by atoms with van der Waals surface area (Å²) in [7, 11) is 0. The molecule has 0 aromatic heterocycles. The summed E-state index contributed by atoms with van der Waals surface area (Å²) in [6.07, 6.45) is 1.06. The first-order chi connectivity index (χ1) is 6.83. The largest absolute Gasteiger partial charge is 0.369 e. The topological polar surface area (TPSA) is 80.0 Å². The number of nitrogens with zero attached hydrogens (tertiary/aromatic N) is 3. The van der Waals surface area contributed by atoms with E-state index in [-0.39, 0.29) is 24.0 Å². The van der Waals surface area contributed by atoms with Crippen molar-refractivity contribution in [2.45, 2.75) is 39.8 Å². The van der Waals surface area contributed by atoms with Crippen LogP contribution in [0.1, 0.15) is 34.1 Å². The first-order valence-corrected chi connectivity index (χ1v) is 5.30. The predicted octanol–water partition coefficient (Wildman–Crippen LogP) is 1.14. The van der Waals surface area contributed by atoms with Gasteiger partial charge in [0.1, 0.15) is 5.66 Å². The Bertz CT molecular complexity index is 296. The molecule has 1 aliphatic heterocycles. The number of nitrogens with two attached hydrogens (primary N) is 2. The molecule has 0 unspecified atom stereocenters. The molecule has 0 aliphatic carbocycles. The molecule has 0 aromatic rings. The minimum atomic E-state index is -0.384. The first kappa shape index (κ1) is 15.0. The van der Waals surface area contributed by atoms with Crippen molar-refractivity contribution in [3.05, 3.63) is 0 Å². The van der Waals surface area contributed by atoms with Crippen LogP contribution in [0.4, 0.5) is 0 Å². The Balaban J connectivity index is 0.00000225. The zero-order valence-electron chi connectivity index (χ0n) is 10.4. The van der Waals surface area contributed by atoms with Crippen molar-refractivity contribution >= 4 is 24.3 Å². The molecule has 1 heterocycles. The summed E-state index contributed by atoms with van der Waals surface area (Å²) in [5, 5.41) is 0. The number of halogens is 1. The third kappa shape index (κ3) is 3.56. The van der Waals surface area contributed by atoms with Crippen LogP contribution >= 0.6 is 12.4 Å². The number of hydrogen-bond acceptors (Lipinski definition) is 5. The van der Waals surface area contributed by atoms with Crippen LogP contribution in [0.5, 0.6) is 0 Å². The van der Waals surface area contributed by atoms with Crippen LogP contribution in [-0.4, -0.2) is 29.0 Å². The highest BCUT2D eigenvalue weighted by Gasteiger charge is 2.31. The summed E-state index contributed by atoms with van der Waals surface area (Å²) >= 11 is 0. The van der Waals surface area contributed by atoms with Crippen LogP contribution in [0.2, 0.25) is 0 Å². The fourth-order valence-electron chi connectivity index (χ4n) is 1.60. The number of aliphatic imine (C=N–C) groups is 2. The normalized spacial score (nSPS) is 18.9. The number of guanidine groups is 2. The smallest absolute Gasteiger partial charge is 0.220 e. The van der Waals surface area contributed by atoms with Gasteiger partial charge in [-0.2, -0.15) is 4.99 Å². The molecule has 0 bridgehead atoms. The summed E-state index contributed by atoms with van der Waals surface area (Å²) in [5.41, 5.74) is 11.0. The van der Waals surface area contributed by atoms with Crippen LogP contribution in [0, 0.1) is 5.92 Å². The maximum Gasteiger partial charge on any atom is 0.220 e. The van der Waals surface area contributed by atoms with Gasteiger partial charge in [-0.1, -0.05) is 13.8 Å². The number of rotatable bonds is 3. The predicted molar refractivity (Wildman–Crippen MR) is 70.7 cm³/mol. The van der Waals surface area contributed by atoms with E-state index in [1.807, 2.05) is 18.7 Å². The molecule has 0 spiro atoms. The second-order valence-electron chi connectivity index (χ2n) is 4.77. The van der Waals surface area contributed by atoms with Crippen molar-refractivity contribution in [3.8, 4) is 0 Å². The molecule has 0 aromatic carbocycles. The average molecular weight is 248 g/mol. The molecule has 4 N–H and O–H groups in total. The van der Waals surface area contributed by atoms with Crippen LogP contribution in [0.15, 0.2) is 9.98 Å². The molecule has 0 saturated carbocycles. The lowest BCUT2D eigenvalue weighted by Crippen LogP contribution is -2.54. The van der Waals surface area contributed by atoms with Gasteiger partial charge in [-0.05, 0) is 26.2 Å². The van der Waals surface area contributed by atoms with E-state index in [4.69, 9.17) is 11.5 Å². The summed E-state index contributed by atoms with van der Waals surface area (Å²) < 4.78 is 0. The van der Waals surface area contributed by atoms with Gasteiger partial charge in [0.05, 0.1) is 0 Å². The molecule has 0 fully saturated rings. The van der Waals surface area contributed by atoms with E-state index in [2.05, 4.69) is 23.8 Å². The van der Waals surface area contributed by atoms with E-state index in [0.29, 0.717) is 11.9 Å². The van der Waals surface area contributed by atoms with Crippen molar-refractivity contribution in [2.24, 2.45) is 27.4 Å². The molecule has 5 nitrogen and oxygen atoms in total. The molecule has 1 rings (SSSR count). The minimum Gasteiger partial charge on any atom is -0.369 e. The summed E-state index contributed by atoms with van der Waals surface area (Å²) in [6.45, 7) is 9.20. The second-order valence-corrected chi connectivity index (χ2v) is 4.77. The molecular formula is C10H22ClN5. The molecule has 16 heavy (non-hydrogen) atoms. The Labute approximate surface area is 103 Å². The van der Waals surface area contributed by atoms with E-state index in [1.165, 1.54) is 0 Å². The van der Waals surface area contributed by atoms with E-state index in [1.54, 1.807) is 0 Å². The molecular weight excluding hydrogens is 226 g/mol. The summed E-state index contributed by atoms with van der Waals surface area (Å²) in [5.74, 6) is 1.36. The average Bonchev–Trinajstić information content (AvgIpc) is 1.98. The first-order valence-electron chi connectivity index (χ1n) is 5.30. The van der Waals surface area contributed by atoms with Crippen LogP contribution < -0.4 is 11.5 Å². The van der Waals surface area contributed by atoms with E-state index < -0.39 is 0 Å². The third-order valence-electron chi connectivity index (χ3n) is 2.48. The molecule has 0 amide bonds. The Hall–Kier alpha value is -0.970. The van der Waals surface area contributed by atoms with E-state index in [0.717, 1.165) is 13.0 Å². The van der Waals surface area contributed by atoms with Gasteiger partial charge in [0, 0.05) is 6.54 Å². The Morgan fingerprint density at radius 2 is 1.88 bits per heavy atom. The van der Waals surface area contributed by atoms with Crippen molar-refractivity contribution < 1.29 is 0 Å². The van der Waals surface area contributed by atoms with Crippen molar-refractivity contribution in [3.63, 3.8) is 0 Å². The molecule has 94 valence electrons. The highest BCUT2D eigenvalue weighted by atomic mass is 35.5. The van der Waals surface area contributed by atoms with Crippen LogP contribution in [0.3, 0.4) is 0 Å². The van der Waals surface area contributed by atoms with Gasteiger partial charge in [-0.25, -0.2) is 4.99 Å². The monoisotopic (exact) mass is 247 g/mol. The summed E-state index contributed by atoms with van der Waals surface area (Å²) in [6, 6.07) is 0. The lowest BCUT2D eigenvalue weighted by Gasteiger charge is -2.38. The van der Waals surface area contributed by atoms with Gasteiger partial charge in [-0.3, -0.25) is 0 Å². The highest BCUT2D eigenvalue weighted by Crippen LogP contribution is 2.20. The molecule has 6 heteroatoms. The maximum atomic E-state index is 5.85. The quantitative estimate of drug-likeness (QED) is 0.785. The van der Waals surface area contributed by atoms with Gasteiger partial charge < -0.3 is 16.4 Å². The molecule has 0 atom stereocenters. The van der Waals surface area contributed by atoms with Gasteiger partial charge in [0.25, 0.3) is 0 Å². The van der Waals surface area contributed by atoms with Crippen LogP contribution in [-0.2, 0) is 0 Å². The van der Waals surface area contributed by atoms with Gasteiger partial charge in [0.15, 0.2) is 0 Å². The van der Waals surface area contributed by atoms with Crippen molar-refractivity contribution in [1.29, 1.82) is 0 Å². The Morgan fingerprint density at radius 3 is 2.31 bits per heavy atom. The minimum absolute atomic E-state index is 0. The zero-order chi connectivity index (χ0) is 11.6. The lowest BCUT2D eigenvalue weighted by atomic mass is 10.1. The van der Waals surface area contributed by atoms with Gasteiger partial charge >= 0.3 is 0 Å². The van der Waals surface area contributed by atoms with Crippen LogP contribution in [0.25, 0.3) is 0 Å². The fraction of sp³-hybridized carbons (Fsp3) is 0.800. The standard InChI is InChI=1S/C10H21N5.ClH/c1-7(2)5-6-15-9(12)13-8(11)14-10(15,3)4;/h7H,5-6H2,1-4H3,(H4,11,12,13,14);1H. The van der Waals surface area contributed by atoms with Crippen molar-refractivity contribution in [1.82, 2.24) is 4.90 Å². The fourth-order valence-corrected chi connectivity index (χ4v) is 1.60. The Morgan fingerprint density at radius 1 is 1.31 bits per heavy atom. The zero-order valence-corrected chi connectivity index (χ0v) is 11.2. The lowest BCUT2D eigenvalue weighted by molar-refractivity contribution is 0.208. The second kappa shape index (κ2) is 5.39. The molecule has 1 aliphatic rings. The molecule has 0 saturated heterocycles. The Kier molecular flexibility index (Phi) is 5.06. The van der Waals surface area contributed by atoms with Crippen molar-refractivity contribution in [2.75, 3.05) is 6.54 Å². The van der Waals surface area contributed by atoms with E-state index >= 15 is 0 Å². The maximum absolute atomic E-state index is 5.85. The third-order valence-corrected chi connectivity index (χ3v) is 2.48. The number of hydrogen-bond donors (Lipinski definition) is 2. The van der Waals surface area contributed by atoms with E-state index in [9.17, 15) is 0 Å². The van der Waals surface area contributed by atoms with Gasteiger partial charge in [0.2, 0.25) is 11.9 Å².